The zero-order chi connectivity index (χ0) is 8.10. The van der Waals surface area contributed by atoms with Crippen LogP contribution in [0.2, 0.25) is 0 Å². The van der Waals surface area contributed by atoms with Gasteiger partial charge in [-0.25, -0.2) is 0 Å². The summed E-state index contributed by atoms with van der Waals surface area (Å²) in [5.74, 6) is 0. The van der Waals surface area contributed by atoms with Gasteiger partial charge in [-0.15, -0.1) is 0 Å². The maximum absolute atomic E-state index is 5.18. The summed E-state index contributed by atoms with van der Waals surface area (Å²) < 4.78 is 6.66. The van der Waals surface area contributed by atoms with Crippen LogP contribution in [0.25, 0.3) is 0 Å². The second-order valence-corrected chi connectivity index (χ2v) is 2.04. The first-order valence-corrected chi connectivity index (χ1v) is 3.34. The normalized spacial score (nSPS) is 10.0. The minimum absolute atomic E-state index is 0.445. The molecule has 1 rings (SSSR count). The molecule has 0 radical (unpaired) electrons. The third-order valence-electron chi connectivity index (χ3n) is 1.16. The van der Waals surface area contributed by atoms with Crippen molar-refractivity contribution < 1.29 is 4.74 Å². The van der Waals surface area contributed by atoms with E-state index in [-0.39, 0.29) is 0 Å². The van der Waals surface area contributed by atoms with Gasteiger partial charge in [0.25, 0.3) is 0 Å². The van der Waals surface area contributed by atoms with Gasteiger partial charge in [0.15, 0.2) is 0 Å². The molecule has 6 nitrogen and oxygen atoms in total. The van der Waals surface area contributed by atoms with E-state index in [0.29, 0.717) is 12.6 Å². The summed E-state index contributed by atoms with van der Waals surface area (Å²) in [6.07, 6.45) is 0. The molecule has 0 saturated heterocycles. The molecule has 0 unspecified atom stereocenters. The van der Waals surface area contributed by atoms with Crippen LogP contribution in [0.3, 0.4) is 0 Å². The molecule has 6 heteroatoms. The molecule has 0 atom stereocenters. The van der Waals surface area contributed by atoms with Crippen molar-refractivity contribution in [3.05, 3.63) is 0 Å². The predicted molar refractivity (Wildman–Crippen MR) is 38.2 cm³/mol. The number of aromatic nitrogens is 4. The maximum atomic E-state index is 5.18. The highest BCUT2D eigenvalue weighted by Crippen LogP contribution is 1.97. The predicted octanol–water partition coefficient (Wildman–Crippen LogP) is -1.19. The second kappa shape index (κ2) is 3.87. The summed E-state index contributed by atoms with van der Waals surface area (Å²) in [5, 5.41) is 13.6. The highest BCUT2D eigenvalue weighted by atomic mass is 16.5. The van der Waals surface area contributed by atoms with Gasteiger partial charge in [-0.1, -0.05) is 5.10 Å². The van der Waals surface area contributed by atoms with Crippen molar-refractivity contribution >= 4 is 0 Å². The average Bonchev–Trinajstić information content (AvgIpc) is 2.37. The third kappa shape index (κ3) is 2.15. The number of nitrogens with zero attached hydrogens (tertiary/aromatic N) is 4. The molecule has 0 aromatic carbocycles. The van der Waals surface area contributed by atoms with Crippen molar-refractivity contribution in [2.24, 2.45) is 7.05 Å². The van der Waals surface area contributed by atoms with E-state index in [4.69, 9.17) is 4.74 Å². The van der Waals surface area contributed by atoms with E-state index < -0.39 is 0 Å². The van der Waals surface area contributed by atoms with E-state index >= 15 is 0 Å². The topological polar surface area (TPSA) is 64.9 Å². The maximum Gasteiger partial charge on any atom is 0.335 e. The molecule has 0 aliphatic rings. The van der Waals surface area contributed by atoms with Crippen molar-refractivity contribution in [1.82, 2.24) is 25.5 Å². The molecule has 1 aromatic heterocycles. The lowest BCUT2D eigenvalue weighted by molar-refractivity contribution is 0.280. The summed E-state index contributed by atoms with van der Waals surface area (Å²) in [6.45, 7) is 1.36. The van der Waals surface area contributed by atoms with Gasteiger partial charge in [-0.05, 0) is 17.5 Å². The summed E-state index contributed by atoms with van der Waals surface area (Å²) in [7, 11) is 3.59. The zero-order valence-corrected chi connectivity index (χ0v) is 6.61. The number of rotatable bonds is 4. The number of nitrogens with one attached hydrogen (secondary N) is 1. The van der Waals surface area contributed by atoms with Gasteiger partial charge in [-0.2, -0.15) is 4.68 Å². The van der Waals surface area contributed by atoms with E-state index in [1.54, 1.807) is 7.05 Å². The van der Waals surface area contributed by atoms with Crippen LogP contribution in [0.1, 0.15) is 0 Å². The molecule has 1 aromatic rings. The lowest BCUT2D eigenvalue weighted by atomic mass is 10.7. The Morgan fingerprint density at radius 3 is 3.00 bits per heavy atom. The minimum atomic E-state index is 0.445. The van der Waals surface area contributed by atoms with E-state index in [0.717, 1.165) is 6.54 Å². The Hall–Kier alpha value is -1.17. The Balaban J connectivity index is 2.32. The second-order valence-electron chi connectivity index (χ2n) is 2.04. The first-order valence-electron chi connectivity index (χ1n) is 3.34. The van der Waals surface area contributed by atoms with E-state index in [9.17, 15) is 0 Å². The van der Waals surface area contributed by atoms with Gasteiger partial charge in [0.2, 0.25) is 0 Å². The number of likely N-dealkylation sites (N-methyl/N-ethyl adjacent to an activating group) is 1. The monoisotopic (exact) mass is 157 g/mol. The van der Waals surface area contributed by atoms with Crippen LogP contribution in [0.15, 0.2) is 0 Å². The lowest BCUT2D eigenvalue weighted by Gasteiger charge is -2.01. The van der Waals surface area contributed by atoms with Crippen LogP contribution < -0.4 is 10.1 Å². The molecule has 0 aliphatic heterocycles. The molecule has 1 heterocycles. The number of ether oxygens (including phenoxy) is 1. The first-order chi connectivity index (χ1) is 5.34. The first kappa shape index (κ1) is 7.93. The smallest absolute Gasteiger partial charge is 0.335 e. The number of hydrogen-bond acceptors (Lipinski definition) is 5. The van der Waals surface area contributed by atoms with Crippen LogP contribution in [-0.2, 0) is 7.05 Å². The number of tetrazole rings is 1. The van der Waals surface area contributed by atoms with Gasteiger partial charge in [0.05, 0.1) is 0 Å². The van der Waals surface area contributed by atoms with Crippen LogP contribution in [0.5, 0.6) is 6.01 Å². The Bertz CT molecular complexity index is 210. The van der Waals surface area contributed by atoms with Crippen molar-refractivity contribution in [3.8, 4) is 6.01 Å². The molecule has 0 spiro atoms. The van der Waals surface area contributed by atoms with Crippen LogP contribution in [0, 0.1) is 0 Å². The van der Waals surface area contributed by atoms with Crippen molar-refractivity contribution in [2.45, 2.75) is 0 Å². The molecule has 62 valence electrons. The standard InChI is InChI=1S/C5H11N5O/c1-6-3-4-11-5-7-8-9-10(5)2/h6H,3-4H2,1-2H3. The van der Waals surface area contributed by atoms with E-state index in [1.807, 2.05) is 7.05 Å². The molecule has 0 fully saturated rings. The highest BCUT2D eigenvalue weighted by Gasteiger charge is 2.00. The molecule has 1 N–H and O–H groups in total. The number of aryl methyl sites for hydroxylation is 1. The SMILES string of the molecule is CNCCOc1nnnn1C. The van der Waals surface area contributed by atoms with Crippen LogP contribution in [-0.4, -0.2) is 40.4 Å². The molecule has 0 bridgehead atoms. The Morgan fingerprint density at radius 1 is 1.64 bits per heavy atom. The molecule has 0 aliphatic carbocycles. The third-order valence-corrected chi connectivity index (χ3v) is 1.16. The molecular weight excluding hydrogens is 146 g/mol. The van der Waals surface area contributed by atoms with E-state index in [1.165, 1.54) is 4.68 Å². The van der Waals surface area contributed by atoms with Crippen LogP contribution in [0.4, 0.5) is 0 Å². The van der Waals surface area contributed by atoms with Gasteiger partial charge >= 0.3 is 6.01 Å². The van der Waals surface area contributed by atoms with Crippen molar-refractivity contribution in [1.29, 1.82) is 0 Å². The Morgan fingerprint density at radius 2 is 2.45 bits per heavy atom. The summed E-state index contributed by atoms with van der Waals surface area (Å²) in [4.78, 5) is 0. The minimum Gasteiger partial charge on any atom is -0.461 e. The lowest BCUT2D eigenvalue weighted by Crippen LogP contribution is -2.17. The van der Waals surface area contributed by atoms with E-state index in [2.05, 4.69) is 20.8 Å². The Labute approximate surface area is 64.5 Å². The molecule has 11 heavy (non-hydrogen) atoms. The molecule has 0 saturated carbocycles. The highest BCUT2D eigenvalue weighted by molar-refractivity contribution is 4.84. The van der Waals surface area contributed by atoms with Crippen molar-refractivity contribution in [3.63, 3.8) is 0 Å². The average molecular weight is 157 g/mol. The summed E-state index contributed by atoms with van der Waals surface area (Å²) in [6, 6.07) is 0.445. The molecule has 0 amide bonds. The van der Waals surface area contributed by atoms with Gasteiger partial charge in [-0.3, -0.25) is 0 Å². The fourth-order valence-electron chi connectivity index (χ4n) is 0.588. The van der Waals surface area contributed by atoms with Crippen molar-refractivity contribution in [2.75, 3.05) is 20.2 Å². The zero-order valence-electron chi connectivity index (χ0n) is 6.61. The number of hydrogen-bond donors (Lipinski definition) is 1. The Kier molecular flexibility index (Phi) is 2.79. The largest absolute Gasteiger partial charge is 0.461 e. The van der Waals surface area contributed by atoms with Gasteiger partial charge in [0.1, 0.15) is 6.61 Å². The summed E-state index contributed by atoms with van der Waals surface area (Å²) >= 11 is 0. The van der Waals surface area contributed by atoms with Gasteiger partial charge in [0, 0.05) is 13.6 Å². The summed E-state index contributed by atoms with van der Waals surface area (Å²) in [5.41, 5.74) is 0. The quantitative estimate of drug-likeness (QED) is 0.557. The van der Waals surface area contributed by atoms with Gasteiger partial charge < -0.3 is 10.1 Å². The fraction of sp³-hybridized carbons (Fsp3) is 0.800. The molecular formula is C5H11N5O. The van der Waals surface area contributed by atoms with Crippen LogP contribution >= 0.6 is 0 Å². The fourth-order valence-corrected chi connectivity index (χ4v) is 0.588.